The van der Waals surface area contributed by atoms with E-state index in [0.717, 1.165) is 32.1 Å². The first-order valence-corrected chi connectivity index (χ1v) is 18.1. The van der Waals surface area contributed by atoms with Crippen LogP contribution in [0.15, 0.2) is 35.2 Å². The Morgan fingerprint density at radius 3 is 2.14 bits per heavy atom. The standard InChI is InChI=1S/C35H53F3O4S/c1-22(29(20-30(39)31(2,3)4)43(41,42)24-10-8-7-9-11-24)26-14-15-27-25-13-12-23-21-34(40,35(36,37)38)19-18-32(23,5)28(25)16-17-33(26,27)6/h7-11,22-23,25-30,39-40H,12-21H2,1-6H3/t22-,23-,25-,26+,27-,28-,29?,30?,32-,33+,34-/m0/s1. The van der Waals surface area contributed by atoms with E-state index >= 15 is 0 Å². The number of halogens is 3. The third-order valence-corrected chi connectivity index (χ3v) is 15.8. The molecule has 0 aromatic heterocycles. The molecule has 0 bridgehead atoms. The molecule has 0 aliphatic heterocycles. The summed E-state index contributed by atoms with van der Waals surface area (Å²) in [5, 5.41) is 21.0. The van der Waals surface area contributed by atoms with Crippen LogP contribution in [0.25, 0.3) is 0 Å². The van der Waals surface area contributed by atoms with Gasteiger partial charge in [0.15, 0.2) is 15.4 Å². The van der Waals surface area contributed by atoms with Gasteiger partial charge in [-0.2, -0.15) is 13.2 Å². The van der Waals surface area contributed by atoms with Gasteiger partial charge in [-0.1, -0.05) is 59.7 Å². The van der Waals surface area contributed by atoms with Gasteiger partial charge in [-0.05, 0) is 128 Å². The van der Waals surface area contributed by atoms with E-state index in [0.29, 0.717) is 35.5 Å². The van der Waals surface area contributed by atoms with Gasteiger partial charge in [0.25, 0.3) is 0 Å². The summed E-state index contributed by atoms with van der Waals surface area (Å²) < 4.78 is 69.7. The van der Waals surface area contributed by atoms with E-state index in [1.54, 1.807) is 24.3 Å². The predicted molar refractivity (Wildman–Crippen MR) is 163 cm³/mol. The maximum absolute atomic E-state index is 14.2. The molecule has 8 heteroatoms. The van der Waals surface area contributed by atoms with Crippen LogP contribution in [0.5, 0.6) is 0 Å². The molecular weight excluding hydrogens is 573 g/mol. The van der Waals surface area contributed by atoms with Crippen LogP contribution in [0.3, 0.4) is 0 Å². The summed E-state index contributed by atoms with van der Waals surface area (Å²) in [6.07, 6.45) is 0.257. The zero-order chi connectivity index (χ0) is 31.8. The molecule has 2 N–H and O–H groups in total. The highest BCUT2D eigenvalue weighted by Crippen LogP contribution is 2.69. The Balaban J connectivity index is 1.41. The van der Waals surface area contributed by atoms with Crippen molar-refractivity contribution in [1.29, 1.82) is 0 Å². The van der Waals surface area contributed by atoms with Crippen molar-refractivity contribution in [2.45, 2.75) is 134 Å². The Morgan fingerprint density at radius 1 is 0.907 bits per heavy atom. The third-order valence-electron chi connectivity index (χ3n) is 13.5. The highest BCUT2D eigenvalue weighted by atomic mass is 32.2. The molecule has 11 atom stereocenters. The monoisotopic (exact) mass is 626 g/mol. The smallest absolute Gasteiger partial charge is 0.393 e. The number of alkyl halides is 3. The van der Waals surface area contributed by atoms with E-state index in [1.807, 2.05) is 26.8 Å². The fourth-order valence-corrected chi connectivity index (χ4v) is 12.7. The van der Waals surface area contributed by atoms with E-state index in [2.05, 4.69) is 20.8 Å². The Hall–Kier alpha value is -1.12. The van der Waals surface area contributed by atoms with Crippen molar-refractivity contribution in [2.24, 2.45) is 51.8 Å². The second-order valence-electron chi connectivity index (χ2n) is 16.5. The molecule has 43 heavy (non-hydrogen) atoms. The lowest BCUT2D eigenvalue weighted by Crippen LogP contribution is -2.59. The molecule has 0 heterocycles. The molecule has 5 rings (SSSR count). The average Bonchev–Trinajstić information content (AvgIpc) is 3.28. The van der Waals surface area contributed by atoms with Gasteiger partial charge >= 0.3 is 6.18 Å². The van der Waals surface area contributed by atoms with Gasteiger partial charge in [-0.25, -0.2) is 8.42 Å². The molecule has 2 unspecified atom stereocenters. The largest absolute Gasteiger partial charge is 0.417 e. The van der Waals surface area contributed by atoms with Crippen LogP contribution in [0.1, 0.15) is 106 Å². The molecular formula is C35H53F3O4S. The van der Waals surface area contributed by atoms with Gasteiger partial charge in [0.2, 0.25) is 0 Å². The number of aliphatic hydroxyl groups excluding tert-OH is 1. The predicted octanol–water partition coefficient (Wildman–Crippen LogP) is 8.21. The molecule has 1 aromatic rings. The van der Waals surface area contributed by atoms with Crippen LogP contribution in [0, 0.1) is 51.8 Å². The maximum atomic E-state index is 14.2. The van der Waals surface area contributed by atoms with Gasteiger partial charge in [0.05, 0.1) is 16.2 Å². The average molecular weight is 627 g/mol. The van der Waals surface area contributed by atoms with Gasteiger partial charge < -0.3 is 10.2 Å². The van der Waals surface area contributed by atoms with Gasteiger partial charge in [0, 0.05) is 0 Å². The van der Waals surface area contributed by atoms with Gasteiger partial charge in [-0.15, -0.1) is 0 Å². The summed E-state index contributed by atoms with van der Waals surface area (Å²) >= 11 is 0. The van der Waals surface area contributed by atoms with Crippen LogP contribution < -0.4 is 0 Å². The first-order valence-electron chi connectivity index (χ1n) is 16.5. The fourth-order valence-electron chi connectivity index (χ4n) is 10.6. The topological polar surface area (TPSA) is 74.6 Å². The summed E-state index contributed by atoms with van der Waals surface area (Å²) in [5.74, 6) is 1.06. The molecule has 0 spiro atoms. The highest BCUT2D eigenvalue weighted by molar-refractivity contribution is 7.92. The van der Waals surface area contributed by atoms with Gasteiger partial charge in [0.1, 0.15) is 0 Å². The lowest BCUT2D eigenvalue weighted by atomic mass is 9.43. The molecule has 4 aliphatic rings. The van der Waals surface area contributed by atoms with Crippen molar-refractivity contribution < 1.29 is 31.8 Å². The van der Waals surface area contributed by atoms with Crippen LogP contribution in [0.2, 0.25) is 0 Å². The Kier molecular flexibility index (Phi) is 8.51. The van der Waals surface area contributed by atoms with Crippen LogP contribution in [-0.4, -0.2) is 41.8 Å². The zero-order valence-corrected chi connectivity index (χ0v) is 27.6. The summed E-state index contributed by atoms with van der Waals surface area (Å²) in [4.78, 5) is 0.304. The Labute approximate surface area is 257 Å². The van der Waals surface area contributed by atoms with Crippen molar-refractivity contribution in [3.05, 3.63) is 30.3 Å². The molecule has 4 aliphatic carbocycles. The number of hydrogen-bond acceptors (Lipinski definition) is 4. The Morgan fingerprint density at radius 2 is 1.53 bits per heavy atom. The molecule has 0 amide bonds. The minimum atomic E-state index is -4.59. The first kappa shape index (κ1) is 33.2. The number of benzene rings is 1. The van der Waals surface area contributed by atoms with Crippen LogP contribution >= 0.6 is 0 Å². The van der Waals surface area contributed by atoms with Crippen LogP contribution in [-0.2, 0) is 9.84 Å². The lowest BCUT2D eigenvalue weighted by molar-refractivity contribution is -0.290. The van der Waals surface area contributed by atoms with Crippen molar-refractivity contribution in [3.8, 4) is 0 Å². The molecule has 0 radical (unpaired) electrons. The second kappa shape index (κ2) is 11.0. The van der Waals surface area contributed by atoms with E-state index < -0.39 is 38.4 Å². The van der Waals surface area contributed by atoms with Crippen LogP contribution in [0.4, 0.5) is 13.2 Å². The normalized spacial score (nSPS) is 40.6. The fraction of sp³-hybridized carbons (Fsp3) is 0.829. The summed E-state index contributed by atoms with van der Waals surface area (Å²) in [6.45, 7) is 12.5. The number of rotatable bonds is 6. The van der Waals surface area contributed by atoms with E-state index in [9.17, 15) is 31.8 Å². The quantitative estimate of drug-likeness (QED) is 0.334. The lowest BCUT2D eigenvalue weighted by Gasteiger charge is -2.62. The number of aliphatic hydroxyl groups is 2. The number of hydrogen-bond donors (Lipinski definition) is 2. The molecule has 0 saturated heterocycles. The number of sulfone groups is 1. The van der Waals surface area contributed by atoms with Crippen molar-refractivity contribution >= 4 is 9.84 Å². The second-order valence-corrected chi connectivity index (χ2v) is 18.7. The molecule has 4 nitrogen and oxygen atoms in total. The van der Waals surface area contributed by atoms with Gasteiger partial charge in [-0.3, -0.25) is 0 Å². The van der Waals surface area contributed by atoms with E-state index in [4.69, 9.17) is 0 Å². The molecule has 4 fully saturated rings. The molecule has 244 valence electrons. The van der Waals surface area contributed by atoms with E-state index in [1.165, 1.54) is 0 Å². The van der Waals surface area contributed by atoms with Crippen molar-refractivity contribution in [2.75, 3.05) is 0 Å². The third kappa shape index (κ3) is 5.51. The number of fused-ring (bicyclic) bond motifs is 5. The Bertz CT molecular complexity index is 1260. The summed E-state index contributed by atoms with van der Waals surface area (Å²) in [6, 6.07) is 8.63. The maximum Gasteiger partial charge on any atom is 0.417 e. The summed E-state index contributed by atoms with van der Waals surface area (Å²) in [7, 11) is -3.71. The SMILES string of the molecule is C[C@H](C(CC(O)C(C)(C)C)S(=O)(=O)c1ccccc1)[C@H]1CC[C@H]2[C@@H]3CC[C@H]4C[C@](O)(C(F)(F)F)CC[C@]4(C)[C@H]3CC[C@]12C. The zero-order valence-electron chi connectivity index (χ0n) is 26.8. The molecule has 1 aromatic carbocycles. The first-order chi connectivity index (χ1) is 19.8. The van der Waals surface area contributed by atoms with E-state index in [-0.39, 0.29) is 47.8 Å². The summed E-state index contributed by atoms with van der Waals surface area (Å²) in [5.41, 5.74) is -3.28. The highest BCUT2D eigenvalue weighted by Gasteiger charge is 2.65. The minimum absolute atomic E-state index is 0.0533. The minimum Gasteiger partial charge on any atom is -0.393 e. The van der Waals surface area contributed by atoms with Crippen molar-refractivity contribution in [1.82, 2.24) is 0 Å². The molecule has 4 saturated carbocycles. The van der Waals surface area contributed by atoms with Crippen molar-refractivity contribution in [3.63, 3.8) is 0 Å².